The van der Waals surface area contributed by atoms with Crippen LogP contribution in [-0.2, 0) is 0 Å². The number of hydrogen-bond acceptors (Lipinski definition) is 5. The maximum Gasteiger partial charge on any atom is 0.325 e. The van der Waals surface area contributed by atoms with E-state index in [0.29, 0.717) is 28.0 Å². The van der Waals surface area contributed by atoms with E-state index in [-0.39, 0.29) is 5.82 Å². The van der Waals surface area contributed by atoms with Gasteiger partial charge in [-0.3, -0.25) is 5.32 Å². The Morgan fingerprint density at radius 2 is 1.85 bits per heavy atom. The Kier molecular flexibility index (Phi) is 5.33. The Hall–Kier alpha value is -3.13. The molecule has 2 N–H and O–H groups in total. The third-order valence-electron chi connectivity index (χ3n) is 3.51. The number of methoxy groups -OCH3 is 2. The van der Waals surface area contributed by atoms with Gasteiger partial charge in [0, 0.05) is 16.6 Å². The first kappa shape index (κ1) is 17.7. The molecule has 134 valence electrons. The largest absolute Gasteiger partial charge is 0.497 e. The van der Waals surface area contributed by atoms with Gasteiger partial charge in [0.15, 0.2) is 5.13 Å². The molecule has 8 heteroatoms. The fourth-order valence-electron chi connectivity index (χ4n) is 2.26. The maximum atomic E-state index is 12.9. The predicted octanol–water partition coefficient (Wildman–Crippen LogP) is 4.61. The number of carbonyl (C=O) groups excluding carboxylic acids is 1. The van der Waals surface area contributed by atoms with Crippen LogP contribution in [0.1, 0.15) is 0 Å². The van der Waals surface area contributed by atoms with E-state index in [0.717, 1.165) is 5.56 Å². The van der Waals surface area contributed by atoms with Crippen LogP contribution in [0.3, 0.4) is 0 Å². The second kappa shape index (κ2) is 7.83. The van der Waals surface area contributed by atoms with Crippen LogP contribution in [0.25, 0.3) is 11.3 Å². The van der Waals surface area contributed by atoms with Crippen molar-refractivity contribution in [2.45, 2.75) is 0 Å². The number of thiazole rings is 1. The second-order valence-electron chi connectivity index (χ2n) is 5.19. The molecule has 0 radical (unpaired) electrons. The summed E-state index contributed by atoms with van der Waals surface area (Å²) in [6.07, 6.45) is 0. The third-order valence-corrected chi connectivity index (χ3v) is 4.27. The molecule has 0 bridgehead atoms. The molecule has 26 heavy (non-hydrogen) atoms. The van der Waals surface area contributed by atoms with Gasteiger partial charge in [0.25, 0.3) is 0 Å². The quantitative estimate of drug-likeness (QED) is 0.685. The molecule has 0 saturated carbocycles. The Bertz CT molecular complexity index is 912. The summed E-state index contributed by atoms with van der Waals surface area (Å²) >= 11 is 1.28. The summed E-state index contributed by atoms with van der Waals surface area (Å²) < 4.78 is 23.5. The molecule has 0 fully saturated rings. The van der Waals surface area contributed by atoms with Crippen molar-refractivity contribution in [1.29, 1.82) is 0 Å². The van der Waals surface area contributed by atoms with E-state index in [1.54, 1.807) is 26.4 Å². The number of ether oxygens (including phenoxy) is 2. The topological polar surface area (TPSA) is 72.5 Å². The maximum absolute atomic E-state index is 12.9. The highest BCUT2D eigenvalue weighted by Crippen LogP contribution is 2.35. The van der Waals surface area contributed by atoms with Crippen LogP contribution in [0.2, 0.25) is 0 Å². The van der Waals surface area contributed by atoms with E-state index in [4.69, 9.17) is 9.47 Å². The van der Waals surface area contributed by atoms with Crippen molar-refractivity contribution in [2.24, 2.45) is 0 Å². The van der Waals surface area contributed by atoms with Crippen molar-refractivity contribution >= 4 is 28.2 Å². The summed E-state index contributed by atoms with van der Waals surface area (Å²) in [6.45, 7) is 0. The fraction of sp³-hybridized carbons (Fsp3) is 0.111. The Morgan fingerprint density at radius 3 is 2.54 bits per heavy atom. The van der Waals surface area contributed by atoms with E-state index in [2.05, 4.69) is 15.6 Å². The van der Waals surface area contributed by atoms with Crippen molar-refractivity contribution in [3.63, 3.8) is 0 Å². The van der Waals surface area contributed by atoms with Gasteiger partial charge in [-0.25, -0.2) is 14.2 Å². The van der Waals surface area contributed by atoms with Gasteiger partial charge in [-0.15, -0.1) is 11.3 Å². The minimum Gasteiger partial charge on any atom is -0.497 e. The number of aromatic nitrogens is 1. The molecule has 0 aliphatic heterocycles. The average molecular weight is 373 g/mol. The molecule has 3 rings (SSSR count). The lowest BCUT2D eigenvalue weighted by Gasteiger charge is -2.08. The summed E-state index contributed by atoms with van der Waals surface area (Å²) in [5, 5.41) is 7.50. The first-order valence-corrected chi connectivity index (χ1v) is 8.48. The molecule has 0 unspecified atom stereocenters. The number of urea groups is 1. The van der Waals surface area contributed by atoms with E-state index in [1.807, 2.05) is 11.4 Å². The number of halogens is 1. The summed E-state index contributed by atoms with van der Waals surface area (Å²) in [7, 11) is 3.16. The minimum atomic E-state index is -0.463. The lowest BCUT2D eigenvalue weighted by molar-refractivity contribution is 0.262. The SMILES string of the molecule is COc1ccc(OC)c(-c2csc(NC(=O)Nc3ccc(F)cc3)n2)c1. The Labute approximate surface area is 153 Å². The average Bonchev–Trinajstić information content (AvgIpc) is 3.11. The van der Waals surface area contributed by atoms with Crippen LogP contribution < -0.4 is 20.1 Å². The van der Waals surface area contributed by atoms with Crippen LogP contribution in [0, 0.1) is 5.82 Å². The number of hydrogen-bond donors (Lipinski definition) is 2. The summed E-state index contributed by atoms with van der Waals surface area (Å²) in [6, 6.07) is 10.4. The highest BCUT2D eigenvalue weighted by atomic mass is 32.1. The first-order chi connectivity index (χ1) is 12.6. The summed E-state index contributed by atoms with van der Waals surface area (Å²) in [5.74, 6) is 0.962. The van der Waals surface area contributed by atoms with Gasteiger partial charge >= 0.3 is 6.03 Å². The van der Waals surface area contributed by atoms with Gasteiger partial charge in [0.2, 0.25) is 0 Å². The molecule has 0 atom stereocenters. The van der Waals surface area contributed by atoms with Crippen LogP contribution in [-0.4, -0.2) is 25.2 Å². The smallest absolute Gasteiger partial charge is 0.325 e. The molecule has 2 aromatic carbocycles. The van der Waals surface area contributed by atoms with Crippen molar-refractivity contribution in [1.82, 2.24) is 4.98 Å². The number of benzene rings is 2. The lowest BCUT2D eigenvalue weighted by Crippen LogP contribution is -2.19. The summed E-state index contributed by atoms with van der Waals surface area (Å²) in [4.78, 5) is 16.5. The molecule has 0 aliphatic rings. The van der Waals surface area contributed by atoms with Crippen molar-refractivity contribution in [3.05, 3.63) is 53.7 Å². The molecule has 2 amide bonds. The van der Waals surface area contributed by atoms with Crippen molar-refractivity contribution in [2.75, 3.05) is 24.9 Å². The standard InChI is InChI=1S/C18H16FN3O3S/c1-24-13-7-8-16(25-2)14(9-13)15-10-26-18(21-15)22-17(23)20-12-5-3-11(19)4-6-12/h3-10H,1-2H3,(H2,20,21,22,23). The van der Waals surface area contributed by atoms with Crippen LogP contribution >= 0.6 is 11.3 Å². The summed E-state index contributed by atoms with van der Waals surface area (Å²) in [5.41, 5.74) is 1.90. The normalized spacial score (nSPS) is 10.3. The second-order valence-corrected chi connectivity index (χ2v) is 6.05. The minimum absolute atomic E-state index is 0.368. The zero-order valence-electron chi connectivity index (χ0n) is 14.1. The monoisotopic (exact) mass is 373 g/mol. The van der Waals surface area contributed by atoms with E-state index in [9.17, 15) is 9.18 Å². The zero-order valence-corrected chi connectivity index (χ0v) is 14.9. The fourth-order valence-corrected chi connectivity index (χ4v) is 2.97. The van der Waals surface area contributed by atoms with Crippen LogP contribution in [0.4, 0.5) is 20.0 Å². The zero-order chi connectivity index (χ0) is 18.5. The number of carbonyl (C=O) groups is 1. The Morgan fingerprint density at radius 1 is 1.08 bits per heavy atom. The van der Waals surface area contributed by atoms with Crippen molar-refractivity contribution in [3.8, 4) is 22.8 Å². The number of amides is 2. The molecule has 1 heterocycles. The van der Waals surface area contributed by atoms with E-state index in [1.165, 1.54) is 35.6 Å². The molecule has 0 aliphatic carbocycles. The van der Waals surface area contributed by atoms with Gasteiger partial charge in [-0.2, -0.15) is 0 Å². The van der Waals surface area contributed by atoms with Gasteiger partial charge in [-0.1, -0.05) is 0 Å². The molecular formula is C18H16FN3O3S. The first-order valence-electron chi connectivity index (χ1n) is 7.60. The van der Waals surface area contributed by atoms with Gasteiger partial charge in [-0.05, 0) is 42.5 Å². The van der Waals surface area contributed by atoms with Crippen LogP contribution in [0.15, 0.2) is 47.8 Å². The van der Waals surface area contributed by atoms with Crippen molar-refractivity contribution < 1.29 is 18.7 Å². The van der Waals surface area contributed by atoms with E-state index >= 15 is 0 Å². The molecule has 3 aromatic rings. The molecule has 1 aromatic heterocycles. The molecule has 0 saturated heterocycles. The van der Waals surface area contributed by atoms with Gasteiger partial charge in [0.05, 0.1) is 19.9 Å². The van der Waals surface area contributed by atoms with E-state index < -0.39 is 6.03 Å². The number of nitrogens with one attached hydrogen (secondary N) is 2. The van der Waals surface area contributed by atoms with Gasteiger partial charge in [0.1, 0.15) is 17.3 Å². The number of anilines is 2. The predicted molar refractivity (Wildman–Crippen MR) is 99.7 cm³/mol. The highest BCUT2D eigenvalue weighted by Gasteiger charge is 2.13. The number of nitrogens with zero attached hydrogens (tertiary/aromatic N) is 1. The Balaban J connectivity index is 1.73. The third kappa shape index (κ3) is 4.09. The molecule has 0 spiro atoms. The molecule has 6 nitrogen and oxygen atoms in total. The highest BCUT2D eigenvalue weighted by molar-refractivity contribution is 7.14. The lowest BCUT2D eigenvalue weighted by atomic mass is 10.1. The number of rotatable bonds is 5. The van der Waals surface area contributed by atoms with Crippen LogP contribution in [0.5, 0.6) is 11.5 Å². The van der Waals surface area contributed by atoms with Gasteiger partial charge < -0.3 is 14.8 Å². The molecular weight excluding hydrogens is 357 g/mol.